The average Bonchev–Trinajstić information content (AvgIpc) is 2.99. The van der Waals surface area contributed by atoms with E-state index in [9.17, 15) is 9.90 Å². The number of hydrogen-bond acceptors (Lipinski definition) is 3. The van der Waals surface area contributed by atoms with E-state index in [0.717, 1.165) is 11.3 Å². The third-order valence-electron chi connectivity index (χ3n) is 2.94. The lowest BCUT2D eigenvalue weighted by atomic mass is 10.1. The topological polar surface area (TPSA) is 74.3 Å². The number of aliphatic hydroxyl groups excluding tert-OH is 1. The number of rotatable bonds is 6. The van der Waals surface area contributed by atoms with Gasteiger partial charge in [0.05, 0.1) is 12.2 Å². The van der Waals surface area contributed by atoms with Crippen LogP contribution in [0.25, 0.3) is 0 Å². The van der Waals surface area contributed by atoms with Crippen LogP contribution in [0.1, 0.15) is 36.0 Å². The molecule has 3 N–H and O–H groups in total. The molecule has 0 saturated carbocycles. The molecule has 5 heteroatoms. The van der Waals surface area contributed by atoms with E-state index in [1.165, 1.54) is 0 Å². The summed E-state index contributed by atoms with van der Waals surface area (Å²) in [6.07, 6.45) is 1.04. The summed E-state index contributed by atoms with van der Waals surface area (Å²) in [6, 6.07) is 10.6. The molecular formula is C16H20N2O3. The van der Waals surface area contributed by atoms with Crippen LogP contribution in [0, 0.1) is 0 Å². The summed E-state index contributed by atoms with van der Waals surface area (Å²) in [5, 5.41) is 12.8. The number of H-pyrrole nitrogens is 1. The fraction of sp³-hybridized carbons (Fsp3) is 0.312. The van der Waals surface area contributed by atoms with Crippen LogP contribution in [0.15, 0.2) is 42.6 Å². The summed E-state index contributed by atoms with van der Waals surface area (Å²) in [5.74, 6) is 0.523. The second-order valence-electron chi connectivity index (χ2n) is 5.05. The van der Waals surface area contributed by atoms with Gasteiger partial charge in [-0.2, -0.15) is 0 Å². The van der Waals surface area contributed by atoms with Crippen molar-refractivity contribution >= 4 is 5.91 Å². The first-order chi connectivity index (χ1) is 10.1. The highest BCUT2D eigenvalue weighted by atomic mass is 16.5. The molecule has 2 aromatic rings. The molecule has 0 spiro atoms. The molecule has 0 aliphatic carbocycles. The van der Waals surface area contributed by atoms with Crippen LogP contribution in [-0.2, 0) is 0 Å². The second-order valence-corrected chi connectivity index (χ2v) is 5.05. The number of aliphatic hydroxyl groups is 1. The van der Waals surface area contributed by atoms with E-state index in [4.69, 9.17) is 4.74 Å². The van der Waals surface area contributed by atoms with Gasteiger partial charge in [-0.15, -0.1) is 0 Å². The van der Waals surface area contributed by atoms with Crippen LogP contribution in [0.3, 0.4) is 0 Å². The first-order valence-electron chi connectivity index (χ1n) is 6.92. The number of carbonyl (C=O) groups excluding carboxylic acids is 1. The monoisotopic (exact) mass is 288 g/mol. The van der Waals surface area contributed by atoms with Crippen molar-refractivity contribution in [2.75, 3.05) is 6.54 Å². The van der Waals surface area contributed by atoms with E-state index in [2.05, 4.69) is 10.3 Å². The molecule has 1 aromatic carbocycles. The van der Waals surface area contributed by atoms with Gasteiger partial charge >= 0.3 is 0 Å². The van der Waals surface area contributed by atoms with Crippen LogP contribution in [0.5, 0.6) is 5.75 Å². The van der Waals surface area contributed by atoms with Gasteiger partial charge in [-0.05, 0) is 43.7 Å². The van der Waals surface area contributed by atoms with Crippen LogP contribution >= 0.6 is 0 Å². The minimum absolute atomic E-state index is 0.112. The molecule has 0 fully saturated rings. The molecule has 1 atom stereocenters. The molecule has 0 bridgehead atoms. The van der Waals surface area contributed by atoms with Gasteiger partial charge in [0, 0.05) is 12.7 Å². The Labute approximate surface area is 124 Å². The summed E-state index contributed by atoms with van der Waals surface area (Å²) < 4.78 is 5.54. The molecule has 0 aliphatic rings. The number of aromatic nitrogens is 1. The van der Waals surface area contributed by atoms with Crippen molar-refractivity contribution in [1.29, 1.82) is 0 Å². The number of ether oxygens (including phenoxy) is 1. The highest BCUT2D eigenvalue weighted by molar-refractivity contribution is 5.92. The van der Waals surface area contributed by atoms with Gasteiger partial charge in [0.1, 0.15) is 11.4 Å². The zero-order valence-corrected chi connectivity index (χ0v) is 12.2. The number of hydrogen-bond donors (Lipinski definition) is 3. The minimum Gasteiger partial charge on any atom is -0.491 e. The molecule has 1 aromatic heterocycles. The Morgan fingerprint density at radius 2 is 2.00 bits per heavy atom. The van der Waals surface area contributed by atoms with Crippen LogP contribution < -0.4 is 10.1 Å². The molecule has 2 rings (SSSR count). The quantitative estimate of drug-likeness (QED) is 0.763. The van der Waals surface area contributed by atoms with Gasteiger partial charge in [-0.1, -0.05) is 12.1 Å². The molecule has 5 nitrogen and oxygen atoms in total. The largest absolute Gasteiger partial charge is 0.491 e. The van der Waals surface area contributed by atoms with Crippen LogP contribution in [0.2, 0.25) is 0 Å². The Hall–Kier alpha value is -2.27. The summed E-state index contributed by atoms with van der Waals surface area (Å²) in [7, 11) is 0. The maximum Gasteiger partial charge on any atom is 0.267 e. The van der Waals surface area contributed by atoms with Gasteiger partial charge in [-0.25, -0.2) is 0 Å². The predicted molar refractivity (Wildman–Crippen MR) is 80.3 cm³/mol. The fourth-order valence-corrected chi connectivity index (χ4v) is 1.91. The lowest BCUT2D eigenvalue weighted by molar-refractivity contribution is 0.0912. The molecule has 0 saturated heterocycles. The molecule has 1 unspecified atom stereocenters. The normalized spacial score (nSPS) is 12.2. The van der Waals surface area contributed by atoms with E-state index >= 15 is 0 Å². The van der Waals surface area contributed by atoms with Crippen LogP contribution in [0.4, 0.5) is 0 Å². The maximum absolute atomic E-state index is 11.7. The van der Waals surface area contributed by atoms with Crippen molar-refractivity contribution in [3.8, 4) is 5.75 Å². The Bertz CT molecular complexity index is 562. The number of carbonyl (C=O) groups is 1. The van der Waals surface area contributed by atoms with Crippen molar-refractivity contribution in [1.82, 2.24) is 10.3 Å². The second kappa shape index (κ2) is 6.95. The van der Waals surface area contributed by atoms with Crippen LogP contribution in [-0.4, -0.2) is 28.6 Å². The van der Waals surface area contributed by atoms with Gasteiger partial charge in [-0.3, -0.25) is 4.79 Å². The van der Waals surface area contributed by atoms with Gasteiger partial charge < -0.3 is 20.1 Å². The first-order valence-corrected chi connectivity index (χ1v) is 6.92. The molecule has 1 amide bonds. The number of benzene rings is 1. The predicted octanol–water partition coefficient (Wildman–Crippen LogP) is 2.27. The zero-order valence-electron chi connectivity index (χ0n) is 12.2. The molecule has 0 aliphatic heterocycles. The van der Waals surface area contributed by atoms with Gasteiger partial charge in [0.2, 0.25) is 0 Å². The number of nitrogens with one attached hydrogen (secondary N) is 2. The first kappa shape index (κ1) is 15.1. The molecular weight excluding hydrogens is 268 g/mol. The van der Waals surface area contributed by atoms with Crippen molar-refractivity contribution < 1.29 is 14.6 Å². The van der Waals surface area contributed by atoms with E-state index in [1.54, 1.807) is 30.5 Å². The van der Waals surface area contributed by atoms with E-state index in [-0.39, 0.29) is 18.6 Å². The van der Waals surface area contributed by atoms with Crippen molar-refractivity contribution in [3.63, 3.8) is 0 Å². The number of amides is 1. The summed E-state index contributed by atoms with van der Waals surface area (Å²) in [6.45, 7) is 4.07. The third-order valence-corrected chi connectivity index (χ3v) is 2.94. The average molecular weight is 288 g/mol. The van der Waals surface area contributed by atoms with E-state index in [1.807, 2.05) is 26.0 Å². The molecule has 0 radical (unpaired) electrons. The summed E-state index contributed by atoms with van der Waals surface area (Å²) in [4.78, 5) is 14.6. The zero-order chi connectivity index (χ0) is 15.2. The number of aromatic amines is 1. The fourth-order valence-electron chi connectivity index (χ4n) is 1.91. The SMILES string of the molecule is CC(C)Oc1ccc(C(O)CNC(=O)c2ccc[nH]2)cc1. The third kappa shape index (κ3) is 4.36. The highest BCUT2D eigenvalue weighted by Crippen LogP contribution is 2.18. The van der Waals surface area contributed by atoms with Crippen molar-refractivity contribution in [3.05, 3.63) is 53.9 Å². The van der Waals surface area contributed by atoms with E-state index in [0.29, 0.717) is 5.69 Å². The lowest BCUT2D eigenvalue weighted by Gasteiger charge is -2.14. The Morgan fingerprint density at radius 3 is 2.57 bits per heavy atom. The molecule has 112 valence electrons. The summed E-state index contributed by atoms with van der Waals surface area (Å²) in [5.41, 5.74) is 1.21. The highest BCUT2D eigenvalue weighted by Gasteiger charge is 2.11. The Kier molecular flexibility index (Phi) is 5.00. The lowest BCUT2D eigenvalue weighted by Crippen LogP contribution is -2.28. The maximum atomic E-state index is 11.7. The Morgan fingerprint density at radius 1 is 1.29 bits per heavy atom. The van der Waals surface area contributed by atoms with Crippen molar-refractivity contribution in [2.24, 2.45) is 0 Å². The molecule has 21 heavy (non-hydrogen) atoms. The standard InChI is InChI=1S/C16H20N2O3/c1-11(2)21-13-7-5-12(6-8-13)15(19)10-18-16(20)14-4-3-9-17-14/h3-9,11,15,17,19H,10H2,1-2H3,(H,18,20). The summed E-state index contributed by atoms with van der Waals surface area (Å²) >= 11 is 0. The van der Waals surface area contributed by atoms with Gasteiger partial charge in [0.15, 0.2) is 0 Å². The van der Waals surface area contributed by atoms with E-state index < -0.39 is 6.10 Å². The smallest absolute Gasteiger partial charge is 0.267 e. The Balaban J connectivity index is 1.88. The minimum atomic E-state index is -0.753. The molecule has 1 heterocycles. The van der Waals surface area contributed by atoms with Gasteiger partial charge in [0.25, 0.3) is 5.91 Å². The van der Waals surface area contributed by atoms with Crippen molar-refractivity contribution in [2.45, 2.75) is 26.1 Å².